The minimum atomic E-state index is -3.97. The van der Waals surface area contributed by atoms with Crippen molar-refractivity contribution in [3.8, 4) is 0 Å². The van der Waals surface area contributed by atoms with E-state index in [-0.39, 0.29) is 24.7 Å². The lowest BCUT2D eigenvalue weighted by Crippen LogP contribution is -2.09. The maximum absolute atomic E-state index is 10.8. The first-order chi connectivity index (χ1) is 13.9. The molecule has 0 saturated heterocycles. The first kappa shape index (κ1) is 26.4. The minimum Gasteiger partial charge on any atom is -0.390 e. The lowest BCUT2D eigenvalue weighted by atomic mass is 10.1. The molecule has 0 aliphatic heterocycles. The van der Waals surface area contributed by atoms with Crippen molar-refractivity contribution in [2.75, 3.05) is 11.5 Å². The van der Waals surface area contributed by atoms with Crippen molar-refractivity contribution in [1.82, 2.24) is 9.55 Å². The summed E-state index contributed by atoms with van der Waals surface area (Å²) in [5.41, 5.74) is 1.35. The number of nitrogens with zero attached hydrogens (tertiary/aromatic N) is 2. The van der Waals surface area contributed by atoms with E-state index in [1.165, 1.54) is 63.1 Å². The molecule has 3 N–H and O–H groups in total. The molecule has 170 valence electrons. The van der Waals surface area contributed by atoms with Gasteiger partial charge in [-0.15, -0.1) is 0 Å². The van der Waals surface area contributed by atoms with Crippen LogP contribution in [0.3, 0.4) is 0 Å². The van der Waals surface area contributed by atoms with Crippen molar-refractivity contribution in [3.63, 3.8) is 0 Å². The van der Waals surface area contributed by atoms with Gasteiger partial charge in [-0.3, -0.25) is 4.55 Å². The Bertz CT molecular complexity index is 662. The molecule has 1 aromatic rings. The topological polar surface area (TPSA) is 113 Å². The monoisotopic (exact) mass is 450 g/mol. The van der Waals surface area contributed by atoms with Gasteiger partial charge in [0.25, 0.3) is 10.1 Å². The summed E-state index contributed by atoms with van der Waals surface area (Å²) in [6, 6.07) is 0. The third-order valence-corrected chi connectivity index (χ3v) is 6.93. The van der Waals surface area contributed by atoms with Gasteiger partial charge in [-0.05, 0) is 6.42 Å². The predicted octanol–water partition coefficient (Wildman–Crippen LogP) is 3.91. The summed E-state index contributed by atoms with van der Waals surface area (Å²) in [6.45, 7) is 2.58. The zero-order valence-corrected chi connectivity index (χ0v) is 19.3. The molecular weight excluding hydrogens is 412 g/mol. The summed E-state index contributed by atoms with van der Waals surface area (Å²) < 4.78 is 32.3. The van der Waals surface area contributed by atoms with Crippen molar-refractivity contribution in [3.05, 3.63) is 17.2 Å². The highest BCUT2D eigenvalue weighted by Gasteiger charge is 2.16. The summed E-state index contributed by atoms with van der Waals surface area (Å²) in [6.07, 6.45) is 12.5. The van der Waals surface area contributed by atoms with Gasteiger partial charge in [0.15, 0.2) is 0 Å². The third-order valence-electron chi connectivity index (χ3n) is 4.99. The van der Waals surface area contributed by atoms with Gasteiger partial charge in [0.1, 0.15) is 12.4 Å². The zero-order chi connectivity index (χ0) is 21.5. The largest absolute Gasteiger partial charge is 0.390 e. The Balaban J connectivity index is 2.39. The molecule has 1 rings (SSSR count). The smallest absolute Gasteiger partial charge is 0.265 e. The first-order valence-electron chi connectivity index (χ1n) is 10.7. The van der Waals surface area contributed by atoms with Crippen molar-refractivity contribution in [1.29, 1.82) is 0 Å². The van der Waals surface area contributed by atoms with E-state index in [0.29, 0.717) is 29.5 Å². The van der Waals surface area contributed by atoms with Crippen LogP contribution in [0.5, 0.6) is 0 Å². The maximum Gasteiger partial charge on any atom is 0.265 e. The van der Waals surface area contributed by atoms with E-state index in [2.05, 4.69) is 11.9 Å². The van der Waals surface area contributed by atoms with Crippen molar-refractivity contribution in [2.24, 2.45) is 0 Å². The molecule has 0 fully saturated rings. The van der Waals surface area contributed by atoms with Crippen LogP contribution in [0.1, 0.15) is 88.3 Å². The van der Waals surface area contributed by atoms with Gasteiger partial charge in [-0.25, -0.2) is 4.98 Å². The standard InChI is InChI=1S/C20H38N2O5S2/c1-2-3-4-5-6-7-8-9-10-11-12-22-19(15-23)18(21-20(22)16-24)17-28-13-14-29(25,26)27/h23-24H,2-17H2,1H3,(H,25,26,27). The molecule has 0 saturated carbocycles. The molecule has 0 radical (unpaired) electrons. The van der Waals surface area contributed by atoms with Gasteiger partial charge in [-0.2, -0.15) is 20.2 Å². The number of rotatable bonds is 18. The Kier molecular flexibility index (Phi) is 13.9. The van der Waals surface area contributed by atoms with Gasteiger partial charge in [-0.1, -0.05) is 64.7 Å². The number of aromatic nitrogens is 2. The number of unbranched alkanes of at least 4 members (excludes halogenated alkanes) is 9. The van der Waals surface area contributed by atoms with E-state index in [1.807, 2.05) is 4.57 Å². The molecule has 1 aromatic heterocycles. The summed E-state index contributed by atoms with van der Waals surface area (Å²) in [4.78, 5) is 4.42. The predicted molar refractivity (Wildman–Crippen MR) is 118 cm³/mol. The zero-order valence-electron chi connectivity index (χ0n) is 17.7. The molecule has 29 heavy (non-hydrogen) atoms. The fraction of sp³-hybridized carbons (Fsp3) is 0.850. The molecule has 0 atom stereocenters. The molecule has 0 bridgehead atoms. The highest BCUT2D eigenvalue weighted by atomic mass is 32.2. The summed E-state index contributed by atoms with van der Waals surface area (Å²) in [7, 11) is -3.97. The van der Waals surface area contributed by atoms with Crippen LogP contribution in [-0.4, -0.2) is 44.2 Å². The molecule has 7 nitrogen and oxygen atoms in total. The summed E-state index contributed by atoms with van der Waals surface area (Å²) >= 11 is 1.33. The highest BCUT2D eigenvalue weighted by Crippen LogP contribution is 2.20. The average Bonchev–Trinajstić information content (AvgIpc) is 3.02. The molecule has 1 heterocycles. The SMILES string of the molecule is CCCCCCCCCCCCn1c(CO)nc(CSCCS(=O)(=O)O)c1CO. The van der Waals surface area contributed by atoms with Crippen LogP contribution in [0, 0.1) is 0 Å². The quantitative estimate of drug-likeness (QED) is 0.229. The molecule has 0 aliphatic rings. The number of imidazole rings is 1. The van der Waals surface area contributed by atoms with Crippen molar-refractivity contribution >= 4 is 21.9 Å². The molecule has 0 amide bonds. The Morgan fingerprint density at radius 1 is 0.931 bits per heavy atom. The van der Waals surface area contributed by atoms with E-state index >= 15 is 0 Å². The summed E-state index contributed by atoms with van der Waals surface area (Å²) in [5, 5.41) is 19.4. The first-order valence-corrected chi connectivity index (χ1v) is 13.5. The van der Waals surface area contributed by atoms with Crippen LogP contribution in [-0.2, 0) is 35.6 Å². The van der Waals surface area contributed by atoms with Crippen LogP contribution < -0.4 is 0 Å². The van der Waals surface area contributed by atoms with Crippen LogP contribution in [0.2, 0.25) is 0 Å². The Morgan fingerprint density at radius 3 is 2.03 bits per heavy atom. The third kappa shape index (κ3) is 11.4. The van der Waals surface area contributed by atoms with E-state index in [1.54, 1.807) is 0 Å². The number of hydrogen-bond donors (Lipinski definition) is 3. The van der Waals surface area contributed by atoms with Gasteiger partial charge in [0, 0.05) is 18.1 Å². The fourth-order valence-electron chi connectivity index (χ4n) is 3.36. The second-order valence-corrected chi connectivity index (χ2v) is 10.1. The molecule has 0 aromatic carbocycles. The Labute approximate surface area is 180 Å². The van der Waals surface area contributed by atoms with E-state index in [9.17, 15) is 18.6 Å². The second kappa shape index (κ2) is 15.2. The molecule has 0 spiro atoms. The number of hydrogen-bond acceptors (Lipinski definition) is 6. The van der Waals surface area contributed by atoms with E-state index < -0.39 is 10.1 Å². The lowest BCUT2D eigenvalue weighted by Gasteiger charge is -2.10. The summed E-state index contributed by atoms with van der Waals surface area (Å²) in [5.74, 6) is 0.918. The number of thioether (sulfide) groups is 1. The van der Waals surface area contributed by atoms with Gasteiger partial charge in [0.2, 0.25) is 0 Å². The second-order valence-electron chi connectivity index (χ2n) is 7.41. The number of aliphatic hydroxyl groups is 2. The Hall–Kier alpha value is -0.610. The molecule has 9 heteroatoms. The van der Waals surface area contributed by atoms with Crippen LogP contribution in [0.4, 0.5) is 0 Å². The fourth-order valence-corrected chi connectivity index (χ4v) is 5.24. The maximum atomic E-state index is 10.8. The van der Waals surface area contributed by atoms with Crippen molar-refractivity contribution in [2.45, 2.75) is 96.6 Å². The number of aliphatic hydroxyl groups excluding tert-OH is 2. The van der Waals surface area contributed by atoms with Gasteiger partial charge in [0.05, 0.1) is 23.7 Å². The molecule has 0 aliphatic carbocycles. The van der Waals surface area contributed by atoms with Crippen LogP contribution >= 0.6 is 11.8 Å². The minimum absolute atomic E-state index is 0.168. The van der Waals surface area contributed by atoms with E-state index in [0.717, 1.165) is 12.8 Å². The highest BCUT2D eigenvalue weighted by molar-refractivity contribution is 7.99. The van der Waals surface area contributed by atoms with Gasteiger partial charge >= 0.3 is 0 Å². The van der Waals surface area contributed by atoms with Crippen molar-refractivity contribution < 1.29 is 23.2 Å². The Morgan fingerprint density at radius 2 is 1.52 bits per heavy atom. The van der Waals surface area contributed by atoms with Crippen LogP contribution in [0.25, 0.3) is 0 Å². The van der Waals surface area contributed by atoms with Gasteiger partial charge < -0.3 is 14.8 Å². The normalized spacial score (nSPS) is 12.0. The molecule has 0 unspecified atom stereocenters. The van der Waals surface area contributed by atoms with Crippen LogP contribution in [0.15, 0.2) is 0 Å². The lowest BCUT2D eigenvalue weighted by molar-refractivity contribution is 0.252. The molecular formula is C20H38N2O5S2. The van der Waals surface area contributed by atoms with E-state index in [4.69, 9.17) is 4.55 Å². The average molecular weight is 451 g/mol.